The third kappa shape index (κ3) is 8.44. The fraction of sp³-hybridized carbons (Fsp3) is 0.462. The summed E-state index contributed by atoms with van der Waals surface area (Å²) in [6, 6.07) is 8.79. The fourth-order valence-corrected chi connectivity index (χ4v) is 4.66. The van der Waals surface area contributed by atoms with Crippen LogP contribution in [0, 0.1) is 6.92 Å². The van der Waals surface area contributed by atoms with Crippen molar-refractivity contribution in [1.29, 1.82) is 0 Å². The first-order valence-electron chi connectivity index (χ1n) is 11.6. The molecule has 2 aliphatic heterocycles. The zero-order valence-electron chi connectivity index (χ0n) is 20.8. The Kier molecular flexibility index (Phi) is 11.2. The van der Waals surface area contributed by atoms with Gasteiger partial charge in [-0.3, -0.25) is 9.79 Å². The number of likely N-dealkylation sites (tertiary alicyclic amines) is 1. The number of nitrogens with zero attached hydrogens (tertiary/aromatic N) is 2. The minimum Gasteiger partial charge on any atom is -0.400 e. The number of benzene rings is 1. The predicted octanol–water partition coefficient (Wildman–Crippen LogP) is 6.09. The summed E-state index contributed by atoms with van der Waals surface area (Å²) in [4.78, 5) is 20.1. The van der Waals surface area contributed by atoms with Crippen LogP contribution in [0.25, 0.3) is 0 Å². The Balaban J connectivity index is 0.000000265. The van der Waals surface area contributed by atoms with Crippen molar-refractivity contribution < 1.29 is 23.1 Å². The van der Waals surface area contributed by atoms with Crippen molar-refractivity contribution in [3.05, 3.63) is 68.9 Å². The SMILES string of the molecule is C=C1CCC1.CN1CCC2(CC1)N=C(c1cccc(C(F)(F)F)c1)NC2=O.CO.Cc1ccc(Cl)s1. The molecule has 0 unspecified atom stereocenters. The highest BCUT2D eigenvalue weighted by molar-refractivity contribution is 7.16. The van der Waals surface area contributed by atoms with Crippen LogP contribution in [0.1, 0.15) is 48.1 Å². The summed E-state index contributed by atoms with van der Waals surface area (Å²) in [5.41, 5.74) is 0.158. The van der Waals surface area contributed by atoms with Gasteiger partial charge in [0.2, 0.25) is 0 Å². The van der Waals surface area contributed by atoms with Gasteiger partial charge in [0.25, 0.3) is 5.91 Å². The summed E-state index contributed by atoms with van der Waals surface area (Å²) in [5, 5.41) is 9.65. The first kappa shape index (κ1) is 30.0. The number of aliphatic hydroxyl groups excluding tert-OH is 1. The van der Waals surface area contributed by atoms with Crippen LogP contribution in [-0.2, 0) is 11.0 Å². The molecule has 3 heterocycles. The van der Waals surface area contributed by atoms with E-state index in [0.29, 0.717) is 18.4 Å². The number of hydrogen-bond acceptors (Lipinski definition) is 5. The standard InChI is InChI=1S/C15H16F3N3O.C5H5ClS.C5H8.CH4O/c1-21-7-5-14(6-8-21)13(22)19-12(20-14)10-3-2-4-11(9-10)15(16,17)18;1-4-2-3-5(6)7-4;1-5-3-2-4-5;1-2/h2-4,9H,5-8H2,1H3,(H,19,20,22);2-3H,1H3;1-4H2;2H,1H3. The van der Waals surface area contributed by atoms with Crippen LogP contribution in [0.4, 0.5) is 13.2 Å². The Bertz CT molecular complexity index is 1040. The molecule has 1 amide bonds. The zero-order valence-corrected chi connectivity index (χ0v) is 22.4. The molecule has 1 spiro atoms. The number of allylic oxidation sites excluding steroid dienone is 1. The Hall–Kier alpha value is -2.20. The third-order valence-electron chi connectivity index (χ3n) is 6.03. The minimum atomic E-state index is -4.41. The lowest BCUT2D eigenvalue weighted by molar-refractivity contribution is -0.137. The Morgan fingerprint density at radius 3 is 2.19 bits per heavy atom. The van der Waals surface area contributed by atoms with Crippen molar-refractivity contribution in [1.82, 2.24) is 10.2 Å². The largest absolute Gasteiger partial charge is 0.416 e. The van der Waals surface area contributed by atoms with Crippen LogP contribution in [0.5, 0.6) is 0 Å². The predicted molar refractivity (Wildman–Crippen MR) is 141 cm³/mol. The summed E-state index contributed by atoms with van der Waals surface area (Å²) in [5.74, 6) is 0.0219. The van der Waals surface area contributed by atoms with Crippen LogP contribution in [0.2, 0.25) is 4.34 Å². The number of aliphatic hydroxyl groups is 1. The van der Waals surface area contributed by atoms with E-state index in [9.17, 15) is 18.0 Å². The number of carbonyl (C=O) groups excluding carboxylic acids is 1. The molecular formula is C26H33ClF3N3O2S. The van der Waals surface area contributed by atoms with E-state index in [1.807, 2.05) is 26.1 Å². The average molecular weight is 544 g/mol. The highest BCUT2D eigenvalue weighted by atomic mass is 35.5. The lowest BCUT2D eigenvalue weighted by Crippen LogP contribution is -2.47. The number of rotatable bonds is 1. The lowest BCUT2D eigenvalue weighted by atomic mass is 9.88. The van der Waals surface area contributed by atoms with Crippen molar-refractivity contribution >= 4 is 34.7 Å². The van der Waals surface area contributed by atoms with Gasteiger partial charge in [0.15, 0.2) is 0 Å². The maximum atomic E-state index is 12.8. The zero-order chi connectivity index (χ0) is 26.9. The lowest BCUT2D eigenvalue weighted by Gasteiger charge is -2.33. The van der Waals surface area contributed by atoms with Gasteiger partial charge in [0.1, 0.15) is 11.4 Å². The molecule has 5 rings (SSSR count). The second-order valence-electron chi connectivity index (χ2n) is 8.78. The molecule has 0 bridgehead atoms. The molecular weight excluding hydrogens is 511 g/mol. The number of carbonyl (C=O) groups is 1. The molecule has 36 heavy (non-hydrogen) atoms. The van der Waals surface area contributed by atoms with Crippen molar-refractivity contribution in [2.45, 2.75) is 50.7 Å². The van der Waals surface area contributed by atoms with Crippen molar-refractivity contribution in [3.8, 4) is 0 Å². The molecule has 5 nitrogen and oxygen atoms in total. The van der Waals surface area contributed by atoms with Crippen LogP contribution < -0.4 is 5.32 Å². The number of nitrogens with one attached hydrogen (secondary N) is 1. The second-order valence-corrected chi connectivity index (χ2v) is 10.7. The van der Waals surface area contributed by atoms with E-state index >= 15 is 0 Å². The van der Waals surface area contributed by atoms with Crippen LogP contribution in [-0.4, -0.2) is 54.5 Å². The van der Waals surface area contributed by atoms with E-state index in [1.165, 1.54) is 41.8 Å². The van der Waals surface area contributed by atoms with Gasteiger partial charge in [-0.15, -0.1) is 11.3 Å². The van der Waals surface area contributed by atoms with E-state index in [4.69, 9.17) is 16.7 Å². The van der Waals surface area contributed by atoms with Gasteiger partial charge >= 0.3 is 6.18 Å². The number of piperidine rings is 1. The van der Waals surface area contributed by atoms with E-state index in [2.05, 4.69) is 21.8 Å². The Morgan fingerprint density at radius 1 is 1.17 bits per heavy atom. The van der Waals surface area contributed by atoms with E-state index in [1.54, 1.807) is 11.3 Å². The van der Waals surface area contributed by atoms with Gasteiger partial charge in [0, 0.05) is 30.6 Å². The van der Waals surface area contributed by atoms with E-state index in [0.717, 1.165) is 36.7 Å². The highest BCUT2D eigenvalue weighted by Gasteiger charge is 2.45. The maximum Gasteiger partial charge on any atom is 0.416 e. The molecule has 2 aromatic rings. The first-order chi connectivity index (χ1) is 17.0. The normalized spacial score (nSPS) is 18.4. The van der Waals surface area contributed by atoms with Gasteiger partial charge in [-0.05, 0) is 70.3 Å². The van der Waals surface area contributed by atoms with Crippen molar-refractivity contribution in [2.75, 3.05) is 27.2 Å². The summed E-state index contributed by atoms with van der Waals surface area (Å²) < 4.78 is 39.2. The molecule has 1 aliphatic carbocycles. The summed E-state index contributed by atoms with van der Waals surface area (Å²) in [6.45, 7) is 7.28. The molecule has 1 saturated carbocycles. The number of aryl methyl sites for hydroxylation is 1. The van der Waals surface area contributed by atoms with Crippen molar-refractivity contribution in [2.24, 2.45) is 4.99 Å². The summed E-state index contributed by atoms with van der Waals surface area (Å²) >= 11 is 7.19. The number of halogens is 4. The molecule has 2 fully saturated rings. The molecule has 1 aromatic carbocycles. The monoisotopic (exact) mass is 543 g/mol. The molecule has 1 aromatic heterocycles. The number of amidine groups is 1. The number of amides is 1. The second kappa shape index (κ2) is 13.4. The summed E-state index contributed by atoms with van der Waals surface area (Å²) in [6.07, 6.45) is 0.721. The van der Waals surface area contributed by atoms with E-state index < -0.39 is 17.3 Å². The average Bonchev–Trinajstić information content (AvgIpc) is 3.37. The minimum absolute atomic E-state index is 0.215. The number of thiophene rings is 1. The smallest absolute Gasteiger partial charge is 0.400 e. The molecule has 2 N–H and O–H groups in total. The Morgan fingerprint density at radius 2 is 1.78 bits per heavy atom. The first-order valence-corrected chi connectivity index (χ1v) is 12.8. The van der Waals surface area contributed by atoms with Crippen LogP contribution in [0.15, 0.2) is 53.5 Å². The van der Waals surface area contributed by atoms with Gasteiger partial charge in [-0.2, -0.15) is 13.2 Å². The van der Waals surface area contributed by atoms with Gasteiger partial charge in [-0.25, -0.2) is 0 Å². The van der Waals surface area contributed by atoms with Crippen molar-refractivity contribution in [3.63, 3.8) is 0 Å². The highest BCUT2D eigenvalue weighted by Crippen LogP contribution is 2.33. The molecule has 10 heteroatoms. The molecule has 0 atom stereocenters. The number of hydrogen-bond donors (Lipinski definition) is 2. The molecule has 198 valence electrons. The van der Waals surface area contributed by atoms with Crippen LogP contribution >= 0.6 is 22.9 Å². The number of alkyl halides is 3. The fourth-order valence-electron chi connectivity index (χ4n) is 3.65. The number of aliphatic imine (C=N–C) groups is 1. The molecule has 3 aliphatic rings. The molecule has 0 radical (unpaired) electrons. The van der Waals surface area contributed by atoms with Gasteiger partial charge in [0.05, 0.1) is 9.90 Å². The maximum absolute atomic E-state index is 12.8. The Labute approximate surface area is 219 Å². The van der Waals surface area contributed by atoms with E-state index in [-0.39, 0.29) is 11.7 Å². The van der Waals surface area contributed by atoms with Gasteiger partial charge in [-0.1, -0.05) is 35.9 Å². The summed E-state index contributed by atoms with van der Waals surface area (Å²) in [7, 11) is 2.97. The quantitative estimate of drug-likeness (QED) is 0.428. The van der Waals surface area contributed by atoms with Gasteiger partial charge < -0.3 is 15.3 Å². The van der Waals surface area contributed by atoms with Crippen LogP contribution in [0.3, 0.4) is 0 Å². The molecule has 1 saturated heterocycles. The third-order valence-corrected chi connectivity index (χ3v) is 7.17. The topological polar surface area (TPSA) is 64.9 Å².